The fourth-order valence-electron chi connectivity index (χ4n) is 4.51. The highest BCUT2D eigenvalue weighted by Crippen LogP contribution is 2.32. The number of hydrogen-bond acceptors (Lipinski definition) is 5. The molecule has 0 bridgehead atoms. The van der Waals surface area contributed by atoms with E-state index >= 15 is 0 Å². The van der Waals surface area contributed by atoms with E-state index in [9.17, 15) is 28.1 Å². The molecule has 0 atom stereocenters. The Kier molecular flexibility index (Phi) is 6.39. The number of rotatable bonds is 5. The molecule has 5 rings (SSSR count). The van der Waals surface area contributed by atoms with E-state index in [-0.39, 0.29) is 17.3 Å². The Morgan fingerprint density at radius 3 is 2.26 bits per heavy atom. The lowest BCUT2D eigenvalue weighted by atomic mass is 10.1. The number of anilines is 1. The molecule has 0 radical (unpaired) electrons. The van der Waals surface area contributed by atoms with Gasteiger partial charge in [-0.05, 0) is 48.5 Å². The van der Waals surface area contributed by atoms with Crippen molar-refractivity contribution in [1.82, 2.24) is 19.2 Å². The molecule has 2 aromatic carbocycles. The fraction of sp³-hybridized carbons (Fsp3) is 0.231. The van der Waals surface area contributed by atoms with E-state index < -0.39 is 16.7 Å². The third-order valence-electron chi connectivity index (χ3n) is 6.55. The van der Waals surface area contributed by atoms with Gasteiger partial charge in [-0.2, -0.15) is 18.3 Å². The zero-order chi connectivity index (χ0) is 27.0. The minimum Gasteiger partial charge on any atom is -0.368 e. The van der Waals surface area contributed by atoms with E-state index in [4.69, 9.17) is 0 Å². The molecule has 0 N–H and O–H groups in total. The van der Waals surface area contributed by atoms with Crippen molar-refractivity contribution in [2.75, 3.05) is 31.1 Å². The van der Waals surface area contributed by atoms with Crippen LogP contribution in [0.5, 0.6) is 0 Å². The lowest BCUT2D eigenvalue weighted by Crippen LogP contribution is -2.49. The van der Waals surface area contributed by atoms with E-state index in [0.717, 1.165) is 17.8 Å². The molecule has 0 aliphatic carbocycles. The SMILES string of the molecule is Cn1cccc1-c1cc(C(=O)N2CCN(c3cccc(C(F)(F)F)c3)CC2)n(-c2ccc([N+](=O)[O-])cc2)n1. The summed E-state index contributed by atoms with van der Waals surface area (Å²) >= 11 is 0. The summed E-state index contributed by atoms with van der Waals surface area (Å²) in [5, 5.41) is 15.7. The van der Waals surface area contributed by atoms with Gasteiger partial charge in [0.2, 0.25) is 0 Å². The van der Waals surface area contributed by atoms with Gasteiger partial charge in [-0.3, -0.25) is 14.9 Å². The summed E-state index contributed by atoms with van der Waals surface area (Å²) in [5.41, 5.74) is 1.77. The molecule has 1 aliphatic rings. The van der Waals surface area contributed by atoms with Gasteiger partial charge in [-0.25, -0.2) is 4.68 Å². The smallest absolute Gasteiger partial charge is 0.368 e. The van der Waals surface area contributed by atoms with Crippen LogP contribution in [0, 0.1) is 10.1 Å². The maximum Gasteiger partial charge on any atom is 0.416 e. The van der Waals surface area contributed by atoms with Crippen LogP contribution < -0.4 is 4.90 Å². The molecule has 1 aliphatic heterocycles. The Bertz CT molecular complexity index is 1480. The normalized spacial score (nSPS) is 14.1. The standard InChI is InChI=1S/C26H23F3N6O3/c1-31-11-3-6-23(31)22-17-24(34(30-22)19-7-9-20(10-8-19)35(37)38)25(36)33-14-12-32(13-15-33)21-5-2-4-18(16-21)26(27,28)29/h2-11,16-17H,12-15H2,1H3. The number of alkyl halides is 3. The first-order valence-electron chi connectivity index (χ1n) is 11.8. The number of halogens is 3. The number of nitrogens with zero attached hydrogens (tertiary/aromatic N) is 6. The number of benzene rings is 2. The van der Waals surface area contributed by atoms with Gasteiger partial charge in [-0.15, -0.1) is 0 Å². The largest absolute Gasteiger partial charge is 0.416 e. The van der Waals surface area contributed by atoms with Crippen LogP contribution in [0.15, 0.2) is 72.9 Å². The molecule has 38 heavy (non-hydrogen) atoms. The van der Waals surface area contributed by atoms with Gasteiger partial charge in [-0.1, -0.05) is 6.07 Å². The van der Waals surface area contributed by atoms with Crippen molar-refractivity contribution in [3.63, 3.8) is 0 Å². The van der Waals surface area contributed by atoms with E-state index in [1.807, 2.05) is 34.8 Å². The average Bonchev–Trinajstić information content (AvgIpc) is 3.54. The van der Waals surface area contributed by atoms with Crippen molar-refractivity contribution in [3.8, 4) is 17.1 Å². The van der Waals surface area contributed by atoms with Gasteiger partial charge < -0.3 is 14.4 Å². The van der Waals surface area contributed by atoms with E-state index in [1.165, 1.54) is 35.0 Å². The fourth-order valence-corrected chi connectivity index (χ4v) is 4.51. The molecular formula is C26H23F3N6O3. The summed E-state index contributed by atoms with van der Waals surface area (Å²) in [4.78, 5) is 27.7. The third-order valence-corrected chi connectivity index (χ3v) is 6.55. The van der Waals surface area contributed by atoms with Crippen molar-refractivity contribution >= 4 is 17.3 Å². The minimum absolute atomic E-state index is 0.0813. The van der Waals surface area contributed by atoms with Gasteiger partial charge >= 0.3 is 6.18 Å². The van der Waals surface area contributed by atoms with Gasteiger partial charge in [0.1, 0.15) is 11.4 Å². The number of aromatic nitrogens is 3. The molecule has 4 aromatic rings. The first-order chi connectivity index (χ1) is 18.1. The molecule has 1 fully saturated rings. The Labute approximate surface area is 215 Å². The topological polar surface area (TPSA) is 89.4 Å². The molecule has 2 aromatic heterocycles. The number of hydrogen-bond donors (Lipinski definition) is 0. The minimum atomic E-state index is -4.43. The zero-order valence-corrected chi connectivity index (χ0v) is 20.3. The Hall–Kier alpha value is -4.61. The summed E-state index contributed by atoms with van der Waals surface area (Å²) in [6.45, 7) is 1.34. The summed E-state index contributed by atoms with van der Waals surface area (Å²) in [6, 6.07) is 16.3. The van der Waals surface area contributed by atoms with E-state index in [1.54, 1.807) is 17.0 Å². The molecular weight excluding hydrogens is 501 g/mol. The highest BCUT2D eigenvalue weighted by atomic mass is 19.4. The van der Waals surface area contributed by atoms with Crippen LogP contribution in [0.25, 0.3) is 17.1 Å². The quantitative estimate of drug-likeness (QED) is 0.277. The van der Waals surface area contributed by atoms with Crippen LogP contribution in [-0.2, 0) is 13.2 Å². The maximum atomic E-state index is 13.6. The number of amides is 1. The average molecular weight is 525 g/mol. The predicted octanol–water partition coefficient (Wildman–Crippen LogP) is 4.77. The number of carbonyl (C=O) groups excluding carboxylic acids is 1. The van der Waals surface area contributed by atoms with Crippen LogP contribution >= 0.6 is 0 Å². The summed E-state index contributed by atoms with van der Waals surface area (Å²) < 4.78 is 42.8. The van der Waals surface area contributed by atoms with Crippen molar-refractivity contribution in [2.24, 2.45) is 7.05 Å². The Morgan fingerprint density at radius 1 is 0.947 bits per heavy atom. The monoisotopic (exact) mass is 524 g/mol. The molecule has 1 amide bonds. The van der Waals surface area contributed by atoms with Gasteiger partial charge in [0, 0.05) is 57.2 Å². The van der Waals surface area contributed by atoms with Crippen LogP contribution in [0.4, 0.5) is 24.5 Å². The summed E-state index contributed by atoms with van der Waals surface area (Å²) in [6.07, 6.45) is -2.57. The molecule has 1 saturated heterocycles. The third kappa shape index (κ3) is 4.84. The van der Waals surface area contributed by atoms with E-state index in [0.29, 0.717) is 43.2 Å². The molecule has 9 nitrogen and oxygen atoms in total. The van der Waals surface area contributed by atoms with Crippen LogP contribution in [-0.4, -0.2) is 56.3 Å². The zero-order valence-electron chi connectivity index (χ0n) is 20.3. The number of aryl methyl sites for hydroxylation is 1. The molecule has 12 heteroatoms. The lowest BCUT2D eigenvalue weighted by molar-refractivity contribution is -0.384. The van der Waals surface area contributed by atoms with Gasteiger partial charge in [0.05, 0.1) is 21.9 Å². The maximum absolute atomic E-state index is 13.6. The number of carbonyl (C=O) groups is 1. The van der Waals surface area contributed by atoms with Crippen molar-refractivity contribution in [1.29, 1.82) is 0 Å². The number of piperazine rings is 1. The summed E-state index contributed by atoms with van der Waals surface area (Å²) in [5.74, 6) is -0.292. The van der Waals surface area contributed by atoms with E-state index in [2.05, 4.69) is 5.10 Å². The number of nitro benzene ring substituents is 1. The van der Waals surface area contributed by atoms with Crippen molar-refractivity contribution < 1.29 is 22.9 Å². The first kappa shape index (κ1) is 25.1. The predicted molar refractivity (Wildman–Crippen MR) is 134 cm³/mol. The first-order valence-corrected chi connectivity index (χ1v) is 11.8. The Morgan fingerprint density at radius 2 is 1.66 bits per heavy atom. The highest BCUT2D eigenvalue weighted by molar-refractivity contribution is 5.94. The van der Waals surface area contributed by atoms with Crippen molar-refractivity contribution in [3.05, 3.63) is 94.3 Å². The highest BCUT2D eigenvalue weighted by Gasteiger charge is 2.32. The molecule has 3 heterocycles. The van der Waals surface area contributed by atoms with Crippen LogP contribution in [0.2, 0.25) is 0 Å². The number of non-ortho nitro benzene ring substituents is 1. The van der Waals surface area contributed by atoms with Gasteiger partial charge in [0.15, 0.2) is 0 Å². The molecule has 196 valence electrons. The van der Waals surface area contributed by atoms with Crippen LogP contribution in [0.3, 0.4) is 0 Å². The number of nitro groups is 1. The second kappa shape index (κ2) is 9.69. The van der Waals surface area contributed by atoms with Crippen molar-refractivity contribution in [2.45, 2.75) is 6.18 Å². The second-order valence-electron chi connectivity index (χ2n) is 8.93. The van der Waals surface area contributed by atoms with Crippen LogP contribution in [0.1, 0.15) is 16.1 Å². The molecule has 0 unspecified atom stereocenters. The molecule has 0 saturated carbocycles. The molecule has 0 spiro atoms. The second-order valence-corrected chi connectivity index (χ2v) is 8.93. The van der Waals surface area contributed by atoms with Gasteiger partial charge in [0.25, 0.3) is 11.6 Å². The lowest BCUT2D eigenvalue weighted by Gasteiger charge is -2.36. The summed E-state index contributed by atoms with van der Waals surface area (Å²) in [7, 11) is 1.86. The Balaban J connectivity index is 1.41.